The van der Waals surface area contributed by atoms with Gasteiger partial charge in [-0.3, -0.25) is 0 Å². The van der Waals surface area contributed by atoms with Crippen molar-refractivity contribution < 1.29 is 0 Å². The molecule has 1 heterocycles. The van der Waals surface area contributed by atoms with Crippen LogP contribution in [0.1, 0.15) is 43.0 Å². The summed E-state index contributed by atoms with van der Waals surface area (Å²) in [6.45, 7) is 7.86. The number of halogens is 1. The molecule has 16 heavy (non-hydrogen) atoms. The van der Waals surface area contributed by atoms with Crippen LogP contribution in [0.2, 0.25) is 0 Å². The zero-order valence-electron chi connectivity index (χ0n) is 10.3. The van der Waals surface area contributed by atoms with Crippen molar-refractivity contribution in [2.45, 2.75) is 39.7 Å². The first kappa shape index (κ1) is 12.1. The Morgan fingerprint density at radius 3 is 2.88 bits per heavy atom. The average molecular weight is 282 g/mol. The molecule has 2 heteroatoms. The van der Waals surface area contributed by atoms with Crippen molar-refractivity contribution in [3.8, 4) is 0 Å². The van der Waals surface area contributed by atoms with Crippen LogP contribution < -0.4 is 5.32 Å². The molecule has 0 saturated heterocycles. The number of benzene rings is 1. The summed E-state index contributed by atoms with van der Waals surface area (Å²) < 4.78 is 1.29. The number of hydrogen-bond acceptors (Lipinski definition) is 1. The van der Waals surface area contributed by atoms with E-state index in [4.69, 9.17) is 0 Å². The fraction of sp³-hybridized carbons (Fsp3) is 0.571. The van der Waals surface area contributed by atoms with Crippen LogP contribution in [0.25, 0.3) is 0 Å². The molecule has 0 aromatic heterocycles. The molecule has 1 unspecified atom stereocenters. The molecule has 0 aliphatic carbocycles. The van der Waals surface area contributed by atoms with Crippen LogP contribution in [-0.2, 0) is 6.42 Å². The molecule has 1 N–H and O–H groups in total. The first-order valence-electron chi connectivity index (χ1n) is 6.10. The van der Waals surface area contributed by atoms with E-state index in [1.165, 1.54) is 27.6 Å². The number of rotatable bonds is 2. The molecule has 0 fully saturated rings. The Balaban J connectivity index is 2.37. The summed E-state index contributed by atoms with van der Waals surface area (Å²) in [7, 11) is 0. The van der Waals surface area contributed by atoms with E-state index in [-0.39, 0.29) is 0 Å². The molecule has 1 atom stereocenters. The Hall–Kier alpha value is -0.340. The minimum absolute atomic E-state index is 0.542. The smallest absolute Gasteiger partial charge is 0.0326 e. The molecular weight excluding hydrogens is 262 g/mol. The highest BCUT2D eigenvalue weighted by Gasteiger charge is 2.22. The van der Waals surface area contributed by atoms with Crippen molar-refractivity contribution in [2.24, 2.45) is 5.92 Å². The van der Waals surface area contributed by atoms with Crippen LogP contribution in [0.15, 0.2) is 16.6 Å². The van der Waals surface area contributed by atoms with Crippen molar-refractivity contribution >= 4 is 15.9 Å². The number of fused-ring (bicyclic) bond motifs is 1. The molecular formula is C14H20BrN. The summed E-state index contributed by atoms with van der Waals surface area (Å²) >= 11 is 3.70. The van der Waals surface area contributed by atoms with Crippen molar-refractivity contribution in [3.05, 3.63) is 33.3 Å². The number of nitrogens with one attached hydrogen (secondary N) is 1. The van der Waals surface area contributed by atoms with Crippen molar-refractivity contribution in [2.75, 3.05) is 6.54 Å². The fourth-order valence-corrected chi connectivity index (χ4v) is 3.32. The van der Waals surface area contributed by atoms with Gasteiger partial charge in [0.1, 0.15) is 0 Å². The van der Waals surface area contributed by atoms with Crippen LogP contribution >= 0.6 is 15.9 Å². The third-order valence-electron chi connectivity index (χ3n) is 3.22. The Kier molecular flexibility index (Phi) is 3.70. The average Bonchev–Trinajstić information content (AvgIpc) is 2.18. The van der Waals surface area contributed by atoms with Gasteiger partial charge in [-0.15, -0.1) is 0 Å². The second-order valence-electron chi connectivity index (χ2n) is 5.20. The molecule has 0 bridgehead atoms. The van der Waals surface area contributed by atoms with Crippen LogP contribution in [-0.4, -0.2) is 6.54 Å². The highest BCUT2D eigenvalue weighted by atomic mass is 79.9. The van der Waals surface area contributed by atoms with Gasteiger partial charge in [0.05, 0.1) is 0 Å². The van der Waals surface area contributed by atoms with E-state index in [1.54, 1.807) is 0 Å². The first-order valence-corrected chi connectivity index (χ1v) is 6.89. The third-order valence-corrected chi connectivity index (χ3v) is 3.93. The van der Waals surface area contributed by atoms with Crippen LogP contribution in [0.3, 0.4) is 0 Å². The Labute approximate surface area is 107 Å². The summed E-state index contributed by atoms with van der Waals surface area (Å²) in [4.78, 5) is 0. The van der Waals surface area contributed by atoms with Crippen LogP contribution in [0, 0.1) is 12.8 Å². The van der Waals surface area contributed by atoms with Gasteiger partial charge in [-0.1, -0.05) is 35.8 Å². The molecule has 0 radical (unpaired) electrons. The molecule has 1 aliphatic rings. The summed E-state index contributed by atoms with van der Waals surface area (Å²) in [5.74, 6) is 0.739. The molecule has 0 amide bonds. The van der Waals surface area contributed by atoms with Gasteiger partial charge in [-0.25, -0.2) is 0 Å². The van der Waals surface area contributed by atoms with Gasteiger partial charge >= 0.3 is 0 Å². The van der Waals surface area contributed by atoms with E-state index < -0.39 is 0 Å². The zero-order valence-corrected chi connectivity index (χ0v) is 11.9. The highest BCUT2D eigenvalue weighted by Crippen LogP contribution is 2.33. The lowest BCUT2D eigenvalue weighted by Gasteiger charge is -2.29. The summed E-state index contributed by atoms with van der Waals surface area (Å²) in [6.07, 6.45) is 2.37. The van der Waals surface area contributed by atoms with Crippen molar-refractivity contribution in [1.82, 2.24) is 5.32 Å². The summed E-state index contributed by atoms with van der Waals surface area (Å²) in [6, 6.07) is 5.12. The lowest BCUT2D eigenvalue weighted by molar-refractivity contribution is 0.414. The molecule has 0 spiro atoms. The van der Waals surface area contributed by atoms with E-state index in [2.05, 4.69) is 54.2 Å². The first-order chi connectivity index (χ1) is 7.58. The van der Waals surface area contributed by atoms with Gasteiger partial charge in [0.25, 0.3) is 0 Å². The van der Waals surface area contributed by atoms with E-state index in [1.807, 2.05) is 0 Å². The quantitative estimate of drug-likeness (QED) is 0.864. The van der Waals surface area contributed by atoms with E-state index in [0.717, 1.165) is 18.9 Å². The normalized spacial score (nSPS) is 19.9. The maximum Gasteiger partial charge on any atom is 0.0326 e. The SMILES string of the molecule is Cc1cc(Br)c2c(c1)C(CC(C)C)NCC2. The standard InChI is InChI=1S/C14H20BrN/c1-9(2)6-14-12-7-10(3)8-13(15)11(12)4-5-16-14/h7-9,14,16H,4-6H2,1-3H3. The van der Waals surface area contributed by atoms with E-state index in [0.29, 0.717) is 6.04 Å². The molecule has 2 rings (SSSR count). The Morgan fingerprint density at radius 2 is 2.19 bits per heavy atom. The molecule has 0 saturated carbocycles. The van der Waals surface area contributed by atoms with E-state index in [9.17, 15) is 0 Å². The van der Waals surface area contributed by atoms with Gasteiger partial charge in [0, 0.05) is 10.5 Å². The van der Waals surface area contributed by atoms with Gasteiger partial charge in [0.2, 0.25) is 0 Å². The van der Waals surface area contributed by atoms with Crippen molar-refractivity contribution in [1.29, 1.82) is 0 Å². The van der Waals surface area contributed by atoms with Gasteiger partial charge in [-0.2, -0.15) is 0 Å². The largest absolute Gasteiger partial charge is 0.310 e. The van der Waals surface area contributed by atoms with Crippen molar-refractivity contribution in [3.63, 3.8) is 0 Å². The third kappa shape index (κ3) is 2.49. The van der Waals surface area contributed by atoms with Gasteiger partial charge in [-0.05, 0) is 55.0 Å². The number of aryl methyl sites for hydroxylation is 1. The highest BCUT2D eigenvalue weighted by molar-refractivity contribution is 9.10. The molecule has 1 nitrogen and oxygen atoms in total. The minimum atomic E-state index is 0.542. The molecule has 1 aromatic carbocycles. The monoisotopic (exact) mass is 281 g/mol. The maximum absolute atomic E-state index is 3.70. The molecule has 88 valence electrons. The fourth-order valence-electron chi connectivity index (χ4n) is 2.54. The second-order valence-corrected chi connectivity index (χ2v) is 6.06. The zero-order chi connectivity index (χ0) is 11.7. The molecule has 1 aromatic rings. The Morgan fingerprint density at radius 1 is 1.44 bits per heavy atom. The molecule has 1 aliphatic heterocycles. The van der Waals surface area contributed by atoms with Gasteiger partial charge < -0.3 is 5.32 Å². The summed E-state index contributed by atoms with van der Waals surface area (Å²) in [5.41, 5.74) is 4.37. The van der Waals surface area contributed by atoms with Crippen LogP contribution in [0.5, 0.6) is 0 Å². The maximum atomic E-state index is 3.70. The number of hydrogen-bond donors (Lipinski definition) is 1. The second kappa shape index (κ2) is 4.89. The van der Waals surface area contributed by atoms with Crippen LogP contribution in [0.4, 0.5) is 0 Å². The minimum Gasteiger partial charge on any atom is -0.310 e. The predicted molar refractivity (Wildman–Crippen MR) is 72.8 cm³/mol. The lowest BCUT2D eigenvalue weighted by atomic mass is 9.88. The Bertz CT molecular complexity index is 385. The summed E-state index contributed by atoms with van der Waals surface area (Å²) in [5, 5.41) is 3.64. The topological polar surface area (TPSA) is 12.0 Å². The predicted octanol–water partition coefficient (Wildman–Crippen LogP) is 3.99. The van der Waals surface area contributed by atoms with Gasteiger partial charge in [0.15, 0.2) is 0 Å². The lowest BCUT2D eigenvalue weighted by Crippen LogP contribution is -2.31. The van der Waals surface area contributed by atoms with E-state index >= 15 is 0 Å².